The lowest BCUT2D eigenvalue weighted by molar-refractivity contribution is 0.246. The molecule has 0 spiro atoms. The molecule has 1 saturated carbocycles. The van der Waals surface area contributed by atoms with Gasteiger partial charge < -0.3 is 5.73 Å². The third kappa shape index (κ3) is 2.91. The number of hydrogen-bond acceptors (Lipinski definition) is 4. The van der Waals surface area contributed by atoms with Crippen LogP contribution in [0.15, 0.2) is 18.2 Å². The number of nitrogens with zero attached hydrogens (tertiary/aromatic N) is 4. The van der Waals surface area contributed by atoms with Crippen molar-refractivity contribution in [2.75, 3.05) is 5.73 Å². The molecule has 0 saturated heterocycles. The van der Waals surface area contributed by atoms with Gasteiger partial charge >= 0.3 is 0 Å². The fourth-order valence-corrected chi connectivity index (χ4v) is 3.43. The number of hydrogen-bond donors (Lipinski definition) is 1. The van der Waals surface area contributed by atoms with Gasteiger partial charge in [0.1, 0.15) is 0 Å². The molecule has 2 aromatic rings. The summed E-state index contributed by atoms with van der Waals surface area (Å²) in [7, 11) is 0. The number of benzene rings is 1. The van der Waals surface area contributed by atoms with Gasteiger partial charge in [0.15, 0.2) is 5.82 Å². The van der Waals surface area contributed by atoms with Crippen molar-refractivity contribution >= 4 is 5.69 Å². The van der Waals surface area contributed by atoms with Gasteiger partial charge in [-0.15, -0.1) is 5.10 Å². The Balaban J connectivity index is 1.93. The molecule has 1 aromatic carbocycles. The summed E-state index contributed by atoms with van der Waals surface area (Å²) in [5.41, 5.74) is 8.86. The summed E-state index contributed by atoms with van der Waals surface area (Å²) in [5.74, 6) is 1.63. The van der Waals surface area contributed by atoms with Gasteiger partial charge in [-0.3, -0.25) is 0 Å². The van der Waals surface area contributed by atoms with Crippen LogP contribution in [0.3, 0.4) is 0 Å². The molecule has 2 N–H and O–H groups in total. The minimum Gasteiger partial charge on any atom is -0.399 e. The Morgan fingerprint density at radius 1 is 1.29 bits per heavy atom. The number of tetrazole rings is 1. The van der Waals surface area contributed by atoms with E-state index in [9.17, 15) is 0 Å². The van der Waals surface area contributed by atoms with E-state index >= 15 is 0 Å². The third-order valence-corrected chi connectivity index (χ3v) is 4.53. The maximum Gasteiger partial charge on any atom is 0.182 e. The topological polar surface area (TPSA) is 69.6 Å². The van der Waals surface area contributed by atoms with E-state index in [1.165, 1.54) is 25.7 Å². The summed E-state index contributed by atoms with van der Waals surface area (Å²) in [6.45, 7) is 4.32. The highest BCUT2D eigenvalue weighted by Crippen LogP contribution is 2.35. The maximum atomic E-state index is 5.96. The van der Waals surface area contributed by atoms with E-state index in [0.29, 0.717) is 6.04 Å². The van der Waals surface area contributed by atoms with Gasteiger partial charge in [0.25, 0.3) is 0 Å². The molecule has 0 amide bonds. The van der Waals surface area contributed by atoms with Gasteiger partial charge in [-0.25, -0.2) is 4.68 Å². The fourth-order valence-electron chi connectivity index (χ4n) is 3.43. The summed E-state index contributed by atoms with van der Waals surface area (Å²) in [4.78, 5) is 0. The predicted octanol–water partition coefficient (Wildman–Crippen LogP) is 3.37. The average molecular weight is 285 g/mol. The van der Waals surface area contributed by atoms with Crippen LogP contribution in [0.4, 0.5) is 5.69 Å². The zero-order valence-electron chi connectivity index (χ0n) is 12.8. The van der Waals surface area contributed by atoms with E-state index in [1.807, 2.05) is 23.7 Å². The van der Waals surface area contributed by atoms with Crippen LogP contribution in [0.2, 0.25) is 0 Å². The molecular formula is C16H23N5. The zero-order chi connectivity index (χ0) is 14.8. The molecule has 3 rings (SSSR count). The molecule has 1 aliphatic carbocycles. The first kappa shape index (κ1) is 14.0. The number of aryl methyl sites for hydroxylation is 1. The molecule has 2 atom stereocenters. The van der Waals surface area contributed by atoms with E-state index in [1.54, 1.807) is 0 Å². The second-order valence-corrected chi connectivity index (χ2v) is 6.17. The van der Waals surface area contributed by atoms with Crippen molar-refractivity contribution in [1.29, 1.82) is 0 Å². The van der Waals surface area contributed by atoms with Gasteiger partial charge in [0.2, 0.25) is 0 Å². The SMILES string of the molecule is CCC1CCCC(n2nnnc2-c2cc(C)cc(N)c2)C1. The number of aromatic nitrogens is 4. The lowest BCUT2D eigenvalue weighted by atomic mass is 9.84. The Labute approximate surface area is 125 Å². The second kappa shape index (κ2) is 5.84. The van der Waals surface area contributed by atoms with E-state index < -0.39 is 0 Å². The smallest absolute Gasteiger partial charge is 0.182 e. The summed E-state index contributed by atoms with van der Waals surface area (Å²) < 4.78 is 2.01. The van der Waals surface area contributed by atoms with Gasteiger partial charge in [-0.1, -0.05) is 26.2 Å². The van der Waals surface area contributed by atoms with E-state index in [-0.39, 0.29) is 0 Å². The average Bonchev–Trinajstić information content (AvgIpc) is 2.96. The van der Waals surface area contributed by atoms with Gasteiger partial charge in [-0.05, 0) is 59.9 Å². The summed E-state index contributed by atoms with van der Waals surface area (Å²) >= 11 is 0. The van der Waals surface area contributed by atoms with E-state index in [4.69, 9.17) is 5.73 Å². The highest BCUT2D eigenvalue weighted by Gasteiger charge is 2.25. The standard InChI is InChI=1S/C16H23N5/c1-3-12-5-4-6-15(9-12)21-16(18-19-20-21)13-7-11(2)8-14(17)10-13/h7-8,10,12,15H,3-6,9,17H2,1-2H3. The fraction of sp³-hybridized carbons (Fsp3) is 0.562. The van der Waals surface area contributed by atoms with Crippen LogP contribution in [-0.4, -0.2) is 20.2 Å². The minimum absolute atomic E-state index is 0.412. The summed E-state index contributed by atoms with van der Waals surface area (Å²) in [6, 6.07) is 6.43. The molecule has 21 heavy (non-hydrogen) atoms. The molecule has 5 nitrogen and oxygen atoms in total. The molecule has 0 bridgehead atoms. The molecule has 5 heteroatoms. The van der Waals surface area contributed by atoms with Crippen LogP contribution in [0.1, 0.15) is 50.6 Å². The Morgan fingerprint density at radius 3 is 2.90 bits per heavy atom. The highest BCUT2D eigenvalue weighted by atomic mass is 15.5. The summed E-state index contributed by atoms with van der Waals surface area (Å²) in [6.07, 6.45) is 6.18. The monoisotopic (exact) mass is 285 g/mol. The number of rotatable bonds is 3. The lowest BCUT2D eigenvalue weighted by Crippen LogP contribution is -2.20. The third-order valence-electron chi connectivity index (χ3n) is 4.53. The van der Waals surface area contributed by atoms with Gasteiger partial charge in [0, 0.05) is 11.3 Å². The van der Waals surface area contributed by atoms with Crippen LogP contribution < -0.4 is 5.73 Å². The molecular weight excluding hydrogens is 262 g/mol. The molecule has 1 fully saturated rings. The normalized spacial score (nSPS) is 22.4. The van der Waals surface area contributed by atoms with Crippen LogP contribution in [0.5, 0.6) is 0 Å². The van der Waals surface area contributed by atoms with E-state index in [2.05, 4.69) is 28.5 Å². The van der Waals surface area contributed by atoms with Crippen molar-refractivity contribution in [3.8, 4) is 11.4 Å². The number of nitrogen functional groups attached to an aromatic ring is 1. The minimum atomic E-state index is 0.412. The Kier molecular flexibility index (Phi) is 3.90. The van der Waals surface area contributed by atoms with E-state index in [0.717, 1.165) is 35.0 Å². The van der Waals surface area contributed by atoms with Crippen molar-refractivity contribution in [2.45, 2.75) is 52.0 Å². The van der Waals surface area contributed by atoms with Crippen LogP contribution in [0.25, 0.3) is 11.4 Å². The molecule has 0 radical (unpaired) electrons. The van der Waals surface area contributed by atoms with Crippen molar-refractivity contribution in [3.63, 3.8) is 0 Å². The second-order valence-electron chi connectivity index (χ2n) is 6.17. The van der Waals surface area contributed by atoms with Crippen LogP contribution >= 0.6 is 0 Å². The van der Waals surface area contributed by atoms with Crippen LogP contribution in [0, 0.1) is 12.8 Å². The first-order valence-corrected chi connectivity index (χ1v) is 7.82. The number of anilines is 1. The molecule has 112 valence electrons. The van der Waals surface area contributed by atoms with Crippen LogP contribution in [-0.2, 0) is 0 Å². The van der Waals surface area contributed by atoms with Crippen molar-refractivity contribution in [1.82, 2.24) is 20.2 Å². The maximum absolute atomic E-state index is 5.96. The molecule has 0 aliphatic heterocycles. The Morgan fingerprint density at radius 2 is 2.14 bits per heavy atom. The number of nitrogens with two attached hydrogens (primary N) is 1. The van der Waals surface area contributed by atoms with Gasteiger partial charge in [-0.2, -0.15) is 0 Å². The Bertz CT molecular complexity index is 599. The first-order chi connectivity index (χ1) is 10.2. The molecule has 2 unspecified atom stereocenters. The first-order valence-electron chi connectivity index (χ1n) is 7.82. The molecule has 1 heterocycles. The Hall–Kier alpha value is -1.91. The van der Waals surface area contributed by atoms with Crippen molar-refractivity contribution in [3.05, 3.63) is 23.8 Å². The van der Waals surface area contributed by atoms with Crippen molar-refractivity contribution in [2.24, 2.45) is 5.92 Å². The summed E-state index contributed by atoms with van der Waals surface area (Å²) in [5, 5.41) is 12.4. The zero-order valence-corrected chi connectivity index (χ0v) is 12.8. The molecule has 1 aliphatic rings. The largest absolute Gasteiger partial charge is 0.399 e. The highest BCUT2D eigenvalue weighted by molar-refractivity contribution is 5.62. The lowest BCUT2D eigenvalue weighted by Gasteiger charge is -2.28. The van der Waals surface area contributed by atoms with Gasteiger partial charge in [0.05, 0.1) is 6.04 Å². The quantitative estimate of drug-likeness (QED) is 0.878. The molecule has 1 aromatic heterocycles. The van der Waals surface area contributed by atoms with Crippen molar-refractivity contribution < 1.29 is 0 Å². The predicted molar refractivity (Wildman–Crippen MR) is 83.7 cm³/mol.